The van der Waals surface area contributed by atoms with Crippen LogP contribution < -0.4 is 5.32 Å². The largest absolute Gasteiger partial charge is 0.368 e. The molecule has 0 aromatic carbocycles. The van der Waals surface area contributed by atoms with Gasteiger partial charge in [0.1, 0.15) is 6.26 Å². The lowest BCUT2D eigenvalue weighted by atomic mass is 10.5. The van der Waals surface area contributed by atoms with Gasteiger partial charge in [0.05, 0.1) is 17.9 Å². The van der Waals surface area contributed by atoms with Gasteiger partial charge in [-0.2, -0.15) is 27.9 Å². The van der Waals surface area contributed by atoms with Crippen molar-refractivity contribution in [3.63, 3.8) is 0 Å². The summed E-state index contributed by atoms with van der Waals surface area (Å²) in [7, 11) is 0. The van der Waals surface area contributed by atoms with Crippen LogP contribution in [0, 0.1) is 10.1 Å². The zero-order valence-corrected chi connectivity index (χ0v) is 15.9. The molecule has 2 aromatic heterocycles. The lowest BCUT2D eigenvalue weighted by molar-refractivity contribution is -0.463. The molecule has 0 fully saturated rings. The van der Waals surface area contributed by atoms with Crippen LogP contribution in [0.15, 0.2) is 33.3 Å². The standard InChI is InChI=1S/C14H19N5O3S3/c20-19(21)9-14(15-3-7-23-10-12-1-5-22-17-12)16-4-8-24-11-13-2-6-25-18-13/h1-2,5-6H,3-4,7-11H2,(H,15,16). The Morgan fingerprint density at radius 1 is 1.32 bits per heavy atom. The number of nitrogens with one attached hydrogen (secondary N) is 1. The smallest absolute Gasteiger partial charge is 0.259 e. The van der Waals surface area contributed by atoms with Gasteiger partial charge in [-0.3, -0.25) is 15.1 Å². The van der Waals surface area contributed by atoms with E-state index in [1.54, 1.807) is 29.8 Å². The van der Waals surface area contributed by atoms with Gasteiger partial charge in [0.15, 0.2) is 5.84 Å². The van der Waals surface area contributed by atoms with Crippen molar-refractivity contribution in [3.8, 4) is 0 Å². The number of aliphatic imine (C=N–C) groups is 1. The van der Waals surface area contributed by atoms with E-state index in [9.17, 15) is 10.1 Å². The van der Waals surface area contributed by atoms with Crippen LogP contribution in [0.1, 0.15) is 11.4 Å². The molecule has 0 saturated carbocycles. The molecule has 0 aliphatic heterocycles. The van der Waals surface area contributed by atoms with Crippen LogP contribution in [-0.2, 0) is 11.5 Å². The number of thioether (sulfide) groups is 2. The summed E-state index contributed by atoms with van der Waals surface area (Å²) in [5.74, 6) is 3.65. The van der Waals surface area contributed by atoms with Gasteiger partial charge >= 0.3 is 0 Å². The van der Waals surface area contributed by atoms with E-state index in [1.807, 2.05) is 17.5 Å². The van der Waals surface area contributed by atoms with E-state index in [4.69, 9.17) is 4.52 Å². The predicted molar refractivity (Wildman–Crippen MR) is 103 cm³/mol. The maximum Gasteiger partial charge on any atom is 0.259 e. The lowest BCUT2D eigenvalue weighted by Gasteiger charge is -2.06. The number of rotatable bonds is 12. The van der Waals surface area contributed by atoms with E-state index < -0.39 is 0 Å². The molecular formula is C14H19N5O3S3. The van der Waals surface area contributed by atoms with Crippen molar-refractivity contribution < 1.29 is 9.45 Å². The highest BCUT2D eigenvalue weighted by atomic mass is 32.2. The summed E-state index contributed by atoms with van der Waals surface area (Å²) in [6, 6.07) is 3.82. The molecule has 25 heavy (non-hydrogen) atoms. The Bertz CT molecular complexity index is 634. The minimum atomic E-state index is -0.364. The number of nitro groups is 1. The van der Waals surface area contributed by atoms with E-state index >= 15 is 0 Å². The number of hydrogen-bond donors (Lipinski definition) is 1. The molecule has 136 valence electrons. The van der Waals surface area contributed by atoms with Crippen molar-refractivity contribution in [2.24, 2.45) is 4.99 Å². The summed E-state index contributed by atoms with van der Waals surface area (Å²) in [6.07, 6.45) is 1.54. The third kappa shape index (κ3) is 8.89. The van der Waals surface area contributed by atoms with E-state index in [0.29, 0.717) is 18.9 Å². The van der Waals surface area contributed by atoms with Gasteiger partial charge in [-0.05, 0) is 17.6 Å². The van der Waals surface area contributed by atoms with Crippen LogP contribution in [0.2, 0.25) is 0 Å². The van der Waals surface area contributed by atoms with Crippen LogP contribution in [0.3, 0.4) is 0 Å². The molecule has 0 radical (unpaired) electrons. The highest BCUT2D eigenvalue weighted by molar-refractivity contribution is 7.98. The zero-order valence-electron chi connectivity index (χ0n) is 13.5. The molecule has 2 heterocycles. The fourth-order valence-electron chi connectivity index (χ4n) is 1.77. The molecule has 0 atom stereocenters. The molecule has 11 heteroatoms. The van der Waals surface area contributed by atoms with Crippen molar-refractivity contribution in [3.05, 3.63) is 45.3 Å². The Kier molecular flexibility index (Phi) is 9.37. The quantitative estimate of drug-likeness (QED) is 0.190. The average molecular weight is 402 g/mol. The second-order valence-electron chi connectivity index (χ2n) is 4.83. The second-order valence-corrected chi connectivity index (χ2v) is 7.71. The van der Waals surface area contributed by atoms with E-state index in [1.165, 1.54) is 11.5 Å². The first-order valence-corrected chi connectivity index (χ1v) is 10.7. The van der Waals surface area contributed by atoms with Gasteiger partial charge in [0.2, 0.25) is 0 Å². The summed E-state index contributed by atoms with van der Waals surface area (Å²) in [6.45, 7) is 0.906. The van der Waals surface area contributed by atoms with Crippen LogP contribution in [0.25, 0.3) is 0 Å². The maximum atomic E-state index is 10.7. The minimum Gasteiger partial charge on any atom is -0.368 e. The summed E-state index contributed by atoms with van der Waals surface area (Å²) in [5, 5.41) is 19.6. The van der Waals surface area contributed by atoms with Crippen molar-refractivity contribution in [2.45, 2.75) is 11.5 Å². The molecule has 2 rings (SSSR count). The Hall–Kier alpha value is -1.59. The van der Waals surface area contributed by atoms with Gasteiger partial charge < -0.3 is 9.84 Å². The van der Waals surface area contributed by atoms with Gasteiger partial charge in [-0.15, -0.1) is 0 Å². The van der Waals surface area contributed by atoms with Crippen molar-refractivity contribution in [1.29, 1.82) is 0 Å². The van der Waals surface area contributed by atoms with Crippen molar-refractivity contribution >= 4 is 40.9 Å². The van der Waals surface area contributed by atoms with Gasteiger partial charge in [0.25, 0.3) is 6.54 Å². The molecule has 0 aliphatic rings. The molecule has 2 aromatic rings. The number of hydrogen-bond acceptors (Lipinski definition) is 9. The summed E-state index contributed by atoms with van der Waals surface area (Å²) in [4.78, 5) is 14.7. The summed E-state index contributed by atoms with van der Waals surface area (Å²) < 4.78 is 9.00. The first-order valence-electron chi connectivity index (χ1n) is 7.57. The van der Waals surface area contributed by atoms with Crippen LogP contribution in [0.4, 0.5) is 0 Å². The first kappa shape index (κ1) is 19.7. The average Bonchev–Trinajstić information content (AvgIpc) is 3.27. The Labute approximate surface area is 158 Å². The molecule has 8 nitrogen and oxygen atoms in total. The number of amidine groups is 1. The molecule has 0 unspecified atom stereocenters. The SMILES string of the molecule is O=[N+]([O-])CC(=NCCSCc1ccon1)NCCSCc1ccsn1. The van der Waals surface area contributed by atoms with E-state index in [-0.39, 0.29) is 11.5 Å². The van der Waals surface area contributed by atoms with Gasteiger partial charge in [-0.1, -0.05) is 5.16 Å². The minimum absolute atomic E-state index is 0.273. The topological polar surface area (TPSA) is 106 Å². The van der Waals surface area contributed by atoms with Gasteiger partial charge in [0, 0.05) is 45.9 Å². The molecular weight excluding hydrogens is 382 g/mol. The second kappa shape index (κ2) is 11.9. The van der Waals surface area contributed by atoms with Crippen LogP contribution >= 0.6 is 35.1 Å². The predicted octanol–water partition coefficient (Wildman–Crippen LogP) is 2.56. The summed E-state index contributed by atoms with van der Waals surface area (Å²) in [5.41, 5.74) is 1.95. The third-order valence-corrected chi connectivity index (χ3v) is 5.44. The van der Waals surface area contributed by atoms with Crippen molar-refractivity contribution in [1.82, 2.24) is 14.8 Å². The summed E-state index contributed by atoms with van der Waals surface area (Å²) >= 11 is 4.85. The maximum absolute atomic E-state index is 10.7. The number of nitrogens with zero attached hydrogens (tertiary/aromatic N) is 4. The Morgan fingerprint density at radius 3 is 2.88 bits per heavy atom. The van der Waals surface area contributed by atoms with E-state index in [2.05, 4.69) is 19.8 Å². The van der Waals surface area contributed by atoms with Crippen LogP contribution in [0.5, 0.6) is 0 Å². The number of aromatic nitrogens is 2. The highest BCUT2D eigenvalue weighted by Gasteiger charge is 2.07. The lowest BCUT2D eigenvalue weighted by Crippen LogP contribution is -2.32. The van der Waals surface area contributed by atoms with Crippen LogP contribution in [-0.4, -0.2) is 51.4 Å². The normalized spacial score (nSPS) is 11.6. The fourth-order valence-corrected chi connectivity index (χ4v) is 3.88. The molecule has 0 amide bonds. The van der Waals surface area contributed by atoms with E-state index in [0.717, 1.165) is 34.4 Å². The van der Waals surface area contributed by atoms with Gasteiger partial charge in [-0.25, -0.2) is 0 Å². The monoisotopic (exact) mass is 401 g/mol. The molecule has 0 saturated heterocycles. The highest BCUT2D eigenvalue weighted by Crippen LogP contribution is 2.11. The Morgan fingerprint density at radius 2 is 2.16 bits per heavy atom. The Balaban J connectivity index is 1.61. The molecule has 0 spiro atoms. The molecule has 0 bridgehead atoms. The third-order valence-electron chi connectivity index (χ3n) is 2.87. The van der Waals surface area contributed by atoms with Crippen molar-refractivity contribution in [2.75, 3.05) is 31.1 Å². The fraction of sp³-hybridized carbons (Fsp3) is 0.500. The molecule has 0 aliphatic carbocycles. The zero-order chi connectivity index (χ0) is 17.7. The molecule has 1 N–H and O–H groups in total. The first-order chi connectivity index (χ1) is 12.2.